The second-order valence-corrected chi connectivity index (χ2v) is 4.99. The van der Waals surface area contributed by atoms with Crippen molar-refractivity contribution in [3.8, 4) is 0 Å². The standard InChI is InChI=1S/C15H22N4/c1-3-4-5-8-11(2)17-15-14(16)18-12-9-6-7-10-13(12)19-15/h6-7,9-11H,3-5,8H2,1-2H3,(H2,16,18)(H,17,19). The van der Waals surface area contributed by atoms with Crippen molar-refractivity contribution in [3.63, 3.8) is 0 Å². The summed E-state index contributed by atoms with van der Waals surface area (Å²) < 4.78 is 0. The molecule has 1 unspecified atom stereocenters. The van der Waals surface area contributed by atoms with Gasteiger partial charge in [0.15, 0.2) is 11.6 Å². The molecule has 1 atom stereocenters. The largest absolute Gasteiger partial charge is 0.381 e. The third-order valence-electron chi connectivity index (χ3n) is 3.22. The number of hydrogen-bond donors (Lipinski definition) is 2. The summed E-state index contributed by atoms with van der Waals surface area (Å²) in [5.74, 6) is 1.17. The summed E-state index contributed by atoms with van der Waals surface area (Å²) in [6, 6.07) is 8.14. The molecule has 1 heterocycles. The van der Waals surface area contributed by atoms with E-state index in [1.165, 1.54) is 19.3 Å². The summed E-state index contributed by atoms with van der Waals surface area (Å²) in [6.45, 7) is 4.37. The van der Waals surface area contributed by atoms with Crippen molar-refractivity contribution < 1.29 is 0 Å². The van der Waals surface area contributed by atoms with Crippen molar-refractivity contribution in [1.29, 1.82) is 0 Å². The molecule has 19 heavy (non-hydrogen) atoms. The van der Waals surface area contributed by atoms with E-state index in [1.54, 1.807) is 0 Å². The summed E-state index contributed by atoms with van der Waals surface area (Å²) in [7, 11) is 0. The van der Waals surface area contributed by atoms with E-state index in [0.29, 0.717) is 17.7 Å². The predicted octanol–water partition coefficient (Wildman–Crippen LogP) is 3.59. The summed E-state index contributed by atoms with van der Waals surface area (Å²) in [6.07, 6.45) is 4.86. The smallest absolute Gasteiger partial charge is 0.169 e. The highest BCUT2D eigenvalue weighted by Gasteiger charge is 2.08. The number of unbranched alkanes of at least 4 members (excludes halogenated alkanes) is 2. The first-order valence-electron chi connectivity index (χ1n) is 6.99. The average Bonchev–Trinajstić information content (AvgIpc) is 2.40. The van der Waals surface area contributed by atoms with Gasteiger partial charge in [-0.3, -0.25) is 0 Å². The molecule has 0 radical (unpaired) electrons. The maximum Gasteiger partial charge on any atom is 0.169 e. The van der Waals surface area contributed by atoms with Gasteiger partial charge in [-0.15, -0.1) is 0 Å². The number of para-hydroxylation sites is 2. The monoisotopic (exact) mass is 258 g/mol. The molecule has 0 aliphatic carbocycles. The third kappa shape index (κ3) is 3.56. The quantitative estimate of drug-likeness (QED) is 0.777. The van der Waals surface area contributed by atoms with Crippen molar-refractivity contribution in [2.45, 2.75) is 45.6 Å². The van der Waals surface area contributed by atoms with Crippen LogP contribution in [0.3, 0.4) is 0 Å². The van der Waals surface area contributed by atoms with Gasteiger partial charge in [0, 0.05) is 6.04 Å². The molecule has 4 heteroatoms. The lowest BCUT2D eigenvalue weighted by molar-refractivity contribution is 0.614. The zero-order valence-corrected chi connectivity index (χ0v) is 11.7. The van der Waals surface area contributed by atoms with Crippen LogP contribution >= 0.6 is 0 Å². The minimum Gasteiger partial charge on any atom is -0.381 e. The summed E-state index contributed by atoms with van der Waals surface area (Å²) in [4.78, 5) is 8.92. The van der Waals surface area contributed by atoms with Gasteiger partial charge in [-0.1, -0.05) is 38.3 Å². The number of rotatable bonds is 6. The van der Waals surface area contributed by atoms with E-state index in [9.17, 15) is 0 Å². The Morgan fingerprint density at radius 2 is 1.84 bits per heavy atom. The Kier molecular flexibility index (Phi) is 4.55. The fourth-order valence-corrected chi connectivity index (χ4v) is 2.13. The number of nitrogens with two attached hydrogens (primary N) is 1. The predicted molar refractivity (Wildman–Crippen MR) is 81.2 cm³/mol. The van der Waals surface area contributed by atoms with E-state index < -0.39 is 0 Å². The molecule has 0 fully saturated rings. The van der Waals surface area contributed by atoms with Gasteiger partial charge >= 0.3 is 0 Å². The van der Waals surface area contributed by atoms with Crippen LogP contribution in [0, 0.1) is 0 Å². The number of hydrogen-bond acceptors (Lipinski definition) is 4. The average molecular weight is 258 g/mol. The molecule has 0 aliphatic heterocycles. The summed E-state index contributed by atoms with van der Waals surface area (Å²) in [5.41, 5.74) is 7.67. The molecule has 4 nitrogen and oxygen atoms in total. The molecule has 1 aromatic heterocycles. The van der Waals surface area contributed by atoms with Crippen LogP contribution in [0.15, 0.2) is 24.3 Å². The Hall–Kier alpha value is -1.84. The minimum atomic E-state index is 0.365. The van der Waals surface area contributed by atoms with Crippen LogP contribution in [0.5, 0.6) is 0 Å². The van der Waals surface area contributed by atoms with Crippen LogP contribution < -0.4 is 11.1 Å². The van der Waals surface area contributed by atoms with Crippen molar-refractivity contribution in [2.75, 3.05) is 11.1 Å². The number of aromatic nitrogens is 2. The Morgan fingerprint density at radius 1 is 1.16 bits per heavy atom. The first-order valence-corrected chi connectivity index (χ1v) is 6.99. The fraction of sp³-hybridized carbons (Fsp3) is 0.467. The van der Waals surface area contributed by atoms with Crippen molar-refractivity contribution in [3.05, 3.63) is 24.3 Å². The lowest BCUT2D eigenvalue weighted by Crippen LogP contribution is -2.17. The molecule has 0 saturated heterocycles. The first kappa shape index (κ1) is 13.6. The lowest BCUT2D eigenvalue weighted by Gasteiger charge is -2.15. The number of nitrogens with one attached hydrogen (secondary N) is 1. The number of fused-ring (bicyclic) bond motifs is 1. The van der Waals surface area contributed by atoms with Gasteiger partial charge in [0.05, 0.1) is 11.0 Å². The van der Waals surface area contributed by atoms with E-state index in [4.69, 9.17) is 5.73 Å². The lowest BCUT2D eigenvalue weighted by atomic mass is 10.1. The second-order valence-electron chi connectivity index (χ2n) is 4.99. The van der Waals surface area contributed by atoms with Crippen LogP contribution in [0.4, 0.5) is 11.6 Å². The van der Waals surface area contributed by atoms with Crippen molar-refractivity contribution in [2.24, 2.45) is 0 Å². The summed E-state index contributed by atoms with van der Waals surface area (Å²) >= 11 is 0. The molecule has 2 aromatic rings. The van der Waals surface area contributed by atoms with Crippen molar-refractivity contribution >= 4 is 22.7 Å². The topological polar surface area (TPSA) is 63.8 Å². The molecule has 0 amide bonds. The van der Waals surface area contributed by atoms with Crippen LogP contribution in [-0.2, 0) is 0 Å². The van der Waals surface area contributed by atoms with Gasteiger partial charge in [0.2, 0.25) is 0 Å². The molecule has 2 rings (SSSR count). The third-order valence-corrected chi connectivity index (χ3v) is 3.22. The van der Waals surface area contributed by atoms with E-state index >= 15 is 0 Å². The Morgan fingerprint density at radius 3 is 2.53 bits per heavy atom. The van der Waals surface area contributed by atoms with E-state index in [1.807, 2.05) is 24.3 Å². The van der Waals surface area contributed by atoms with Gasteiger partial charge in [-0.25, -0.2) is 9.97 Å². The van der Waals surface area contributed by atoms with Gasteiger partial charge in [0.25, 0.3) is 0 Å². The molecule has 0 aliphatic rings. The van der Waals surface area contributed by atoms with Crippen LogP contribution in [0.25, 0.3) is 11.0 Å². The second kappa shape index (κ2) is 6.36. The highest BCUT2D eigenvalue weighted by molar-refractivity contribution is 5.79. The zero-order chi connectivity index (χ0) is 13.7. The normalized spacial score (nSPS) is 12.5. The number of anilines is 2. The SMILES string of the molecule is CCCCCC(C)Nc1nc2ccccc2nc1N. The van der Waals surface area contributed by atoms with Gasteiger partial charge < -0.3 is 11.1 Å². The molecule has 102 valence electrons. The van der Waals surface area contributed by atoms with Crippen LogP contribution in [0.1, 0.15) is 39.5 Å². The number of nitrogen functional groups attached to an aromatic ring is 1. The van der Waals surface area contributed by atoms with Crippen LogP contribution in [0.2, 0.25) is 0 Å². The molecule has 0 saturated carbocycles. The first-order chi connectivity index (χ1) is 9.20. The Labute approximate surface area is 114 Å². The van der Waals surface area contributed by atoms with Crippen LogP contribution in [-0.4, -0.2) is 16.0 Å². The highest BCUT2D eigenvalue weighted by atomic mass is 15.1. The van der Waals surface area contributed by atoms with E-state index in [0.717, 1.165) is 17.5 Å². The van der Waals surface area contributed by atoms with Gasteiger partial charge in [-0.2, -0.15) is 0 Å². The van der Waals surface area contributed by atoms with Gasteiger partial charge in [-0.05, 0) is 25.5 Å². The van der Waals surface area contributed by atoms with Crippen molar-refractivity contribution in [1.82, 2.24) is 9.97 Å². The maximum atomic E-state index is 5.95. The Bertz CT molecular complexity index is 539. The molecule has 1 aromatic carbocycles. The van der Waals surface area contributed by atoms with E-state index in [2.05, 4.69) is 29.1 Å². The zero-order valence-electron chi connectivity index (χ0n) is 11.7. The Balaban J connectivity index is 2.09. The molecule has 0 spiro atoms. The minimum absolute atomic E-state index is 0.365. The highest BCUT2D eigenvalue weighted by Crippen LogP contribution is 2.20. The maximum absolute atomic E-state index is 5.95. The summed E-state index contributed by atoms with van der Waals surface area (Å²) in [5, 5.41) is 3.36. The molecular weight excluding hydrogens is 236 g/mol. The number of benzene rings is 1. The molecule has 0 bridgehead atoms. The molecule has 3 N–H and O–H groups in total. The molecular formula is C15H22N4. The number of nitrogens with zero attached hydrogens (tertiary/aromatic N) is 2. The van der Waals surface area contributed by atoms with Gasteiger partial charge in [0.1, 0.15) is 0 Å². The van der Waals surface area contributed by atoms with E-state index in [-0.39, 0.29) is 0 Å². The fourth-order valence-electron chi connectivity index (χ4n) is 2.13.